The molecular formula is C36H34. The van der Waals surface area contributed by atoms with Gasteiger partial charge in [0.25, 0.3) is 0 Å². The molecule has 36 heavy (non-hydrogen) atoms. The summed E-state index contributed by atoms with van der Waals surface area (Å²) in [6.45, 7) is 8.49. The summed E-state index contributed by atoms with van der Waals surface area (Å²) in [5.74, 6) is 0. The van der Waals surface area contributed by atoms with Crippen LogP contribution in [0, 0.1) is 20.8 Å². The average molecular weight is 467 g/mol. The lowest BCUT2D eigenvalue weighted by molar-refractivity contribution is 1.42. The van der Waals surface area contributed by atoms with Crippen LogP contribution in [-0.4, -0.2) is 0 Å². The van der Waals surface area contributed by atoms with Crippen molar-refractivity contribution in [2.75, 3.05) is 0 Å². The van der Waals surface area contributed by atoms with Crippen LogP contribution in [0.5, 0.6) is 0 Å². The Hall–Kier alpha value is -4.16. The van der Waals surface area contributed by atoms with Gasteiger partial charge < -0.3 is 0 Å². The zero-order valence-corrected chi connectivity index (χ0v) is 21.7. The van der Waals surface area contributed by atoms with E-state index < -0.39 is 0 Å². The molecule has 0 aliphatic carbocycles. The molecule has 178 valence electrons. The molecule has 0 aromatic heterocycles. The number of rotatable bonds is 7. The third-order valence-electron chi connectivity index (χ3n) is 6.22. The molecule has 0 radical (unpaired) electrons. The molecule has 0 heteroatoms. The Morgan fingerprint density at radius 3 is 1.42 bits per heavy atom. The maximum absolute atomic E-state index is 2.29. The number of hydrogen-bond donors (Lipinski definition) is 0. The maximum atomic E-state index is 2.29. The molecule has 4 rings (SSSR count). The highest BCUT2D eigenvalue weighted by Crippen LogP contribution is 2.24. The highest BCUT2D eigenvalue weighted by Gasteiger charge is 2.03. The highest BCUT2D eigenvalue weighted by molar-refractivity contribution is 5.83. The molecule has 0 saturated heterocycles. The van der Waals surface area contributed by atoms with E-state index in [-0.39, 0.29) is 0 Å². The summed E-state index contributed by atoms with van der Waals surface area (Å²) in [4.78, 5) is 0. The van der Waals surface area contributed by atoms with Gasteiger partial charge in [0.05, 0.1) is 0 Å². The fourth-order valence-corrected chi connectivity index (χ4v) is 4.25. The normalized spacial score (nSPS) is 12.0. The van der Waals surface area contributed by atoms with Crippen molar-refractivity contribution in [3.63, 3.8) is 0 Å². The van der Waals surface area contributed by atoms with Crippen molar-refractivity contribution in [3.8, 4) is 0 Å². The van der Waals surface area contributed by atoms with Crippen molar-refractivity contribution in [3.05, 3.63) is 147 Å². The smallest absolute Gasteiger partial charge is 0.0178 e. The predicted octanol–water partition coefficient (Wildman–Crippen LogP) is 10.2. The summed E-state index contributed by atoms with van der Waals surface area (Å²) in [5.41, 5.74) is 12.3. The van der Waals surface area contributed by atoms with Gasteiger partial charge >= 0.3 is 0 Å². The molecule has 0 atom stereocenters. The Morgan fingerprint density at radius 2 is 0.889 bits per heavy atom. The van der Waals surface area contributed by atoms with Gasteiger partial charge in [0, 0.05) is 0 Å². The summed E-state index contributed by atoms with van der Waals surface area (Å²) in [6, 6.07) is 30.4. The molecule has 0 saturated carbocycles. The third-order valence-corrected chi connectivity index (χ3v) is 6.22. The van der Waals surface area contributed by atoms with Crippen molar-refractivity contribution in [2.45, 2.75) is 27.7 Å². The lowest BCUT2D eigenvalue weighted by Gasteiger charge is -2.09. The highest BCUT2D eigenvalue weighted by atomic mass is 14.1. The van der Waals surface area contributed by atoms with E-state index in [1.807, 2.05) is 6.92 Å². The Balaban J connectivity index is 1.70. The molecule has 0 unspecified atom stereocenters. The fourth-order valence-electron chi connectivity index (χ4n) is 4.25. The SMILES string of the molecule is CC=Cc1ccc(C=Cc2cc(/C=C/c3cccc(C)c3)c(C)cc2/C=C/c2cccc(C)c2)cc1. The molecule has 0 nitrogen and oxygen atoms in total. The van der Waals surface area contributed by atoms with Gasteiger partial charge in [-0.1, -0.05) is 139 Å². The number of benzene rings is 4. The van der Waals surface area contributed by atoms with Crippen LogP contribution in [0.25, 0.3) is 42.5 Å². The third kappa shape index (κ3) is 6.93. The first kappa shape index (κ1) is 24.9. The molecule has 0 aliphatic heterocycles. The fraction of sp³-hybridized carbons (Fsp3) is 0.111. The Labute approximate surface area is 216 Å². The summed E-state index contributed by atoms with van der Waals surface area (Å²) in [5, 5.41) is 0. The first-order valence-electron chi connectivity index (χ1n) is 12.6. The van der Waals surface area contributed by atoms with Crippen LogP contribution in [0.3, 0.4) is 0 Å². The van der Waals surface area contributed by atoms with Gasteiger partial charge in [-0.25, -0.2) is 0 Å². The van der Waals surface area contributed by atoms with Gasteiger partial charge in [-0.05, 0) is 78.3 Å². The second-order valence-corrected chi connectivity index (χ2v) is 9.33. The van der Waals surface area contributed by atoms with Crippen molar-refractivity contribution in [1.82, 2.24) is 0 Å². The molecule has 4 aromatic carbocycles. The van der Waals surface area contributed by atoms with Gasteiger partial charge in [-0.2, -0.15) is 0 Å². The second kappa shape index (κ2) is 12.0. The van der Waals surface area contributed by atoms with Crippen LogP contribution in [0.4, 0.5) is 0 Å². The summed E-state index contributed by atoms with van der Waals surface area (Å²) in [7, 11) is 0. The summed E-state index contributed by atoms with van der Waals surface area (Å²) in [6.07, 6.45) is 17.5. The van der Waals surface area contributed by atoms with Crippen LogP contribution >= 0.6 is 0 Å². The Morgan fingerprint density at radius 1 is 0.417 bits per heavy atom. The first-order chi connectivity index (χ1) is 17.5. The van der Waals surface area contributed by atoms with Gasteiger partial charge in [0.15, 0.2) is 0 Å². The van der Waals surface area contributed by atoms with Crippen LogP contribution in [0.1, 0.15) is 62.6 Å². The molecule has 0 amide bonds. The molecule has 0 aliphatic rings. The van der Waals surface area contributed by atoms with E-state index >= 15 is 0 Å². The molecule has 0 N–H and O–H groups in total. The topological polar surface area (TPSA) is 0 Å². The largest absolute Gasteiger partial charge is 0.0871 e. The minimum Gasteiger partial charge on any atom is -0.0871 e. The lowest BCUT2D eigenvalue weighted by atomic mass is 9.96. The van der Waals surface area contributed by atoms with Crippen molar-refractivity contribution in [1.29, 1.82) is 0 Å². The standard InChI is InChI=1S/C36H34/c1-5-8-30-13-15-31(16-14-30)17-21-36-26-34(20-18-32-11-6-9-27(2)23-32)29(4)25-35(36)22-19-33-12-7-10-28(3)24-33/h5-26H,1-4H3/b8-5?,20-18+,21-17?,22-19+. The molecule has 0 fully saturated rings. The van der Waals surface area contributed by atoms with Gasteiger partial charge in [-0.15, -0.1) is 0 Å². The quantitative estimate of drug-likeness (QED) is 0.238. The van der Waals surface area contributed by atoms with E-state index in [2.05, 4.69) is 154 Å². The van der Waals surface area contributed by atoms with Crippen molar-refractivity contribution in [2.24, 2.45) is 0 Å². The Bertz CT molecular complexity index is 1440. The summed E-state index contributed by atoms with van der Waals surface area (Å²) >= 11 is 0. The number of allylic oxidation sites excluding steroid dienone is 1. The van der Waals surface area contributed by atoms with E-state index in [0.29, 0.717) is 0 Å². The monoisotopic (exact) mass is 466 g/mol. The molecule has 0 heterocycles. The van der Waals surface area contributed by atoms with Crippen LogP contribution < -0.4 is 0 Å². The van der Waals surface area contributed by atoms with Crippen LogP contribution in [-0.2, 0) is 0 Å². The van der Waals surface area contributed by atoms with E-state index in [9.17, 15) is 0 Å². The van der Waals surface area contributed by atoms with E-state index in [1.165, 1.54) is 55.6 Å². The molecule has 0 bridgehead atoms. The zero-order valence-electron chi connectivity index (χ0n) is 21.7. The van der Waals surface area contributed by atoms with Crippen LogP contribution in [0.2, 0.25) is 0 Å². The summed E-state index contributed by atoms with van der Waals surface area (Å²) < 4.78 is 0. The van der Waals surface area contributed by atoms with E-state index in [4.69, 9.17) is 0 Å². The van der Waals surface area contributed by atoms with Crippen molar-refractivity contribution >= 4 is 42.5 Å². The first-order valence-corrected chi connectivity index (χ1v) is 12.6. The predicted molar refractivity (Wildman–Crippen MR) is 161 cm³/mol. The molecule has 0 spiro atoms. The minimum absolute atomic E-state index is 1.19. The molecular weight excluding hydrogens is 432 g/mol. The maximum Gasteiger partial charge on any atom is -0.0178 e. The lowest BCUT2D eigenvalue weighted by Crippen LogP contribution is -1.89. The van der Waals surface area contributed by atoms with Gasteiger partial charge in [0.1, 0.15) is 0 Å². The molecule has 4 aromatic rings. The van der Waals surface area contributed by atoms with Gasteiger partial charge in [0.2, 0.25) is 0 Å². The van der Waals surface area contributed by atoms with E-state index in [1.54, 1.807) is 0 Å². The Kier molecular flexibility index (Phi) is 8.32. The van der Waals surface area contributed by atoms with Gasteiger partial charge in [-0.3, -0.25) is 0 Å². The number of hydrogen-bond acceptors (Lipinski definition) is 0. The zero-order chi connectivity index (χ0) is 25.3. The van der Waals surface area contributed by atoms with E-state index in [0.717, 1.165) is 0 Å². The van der Waals surface area contributed by atoms with Crippen molar-refractivity contribution < 1.29 is 0 Å². The minimum atomic E-state index is 1.19. The number of aryl methyl sites for hydroxylation is 3. The average Bonchev–Trinajstić information content (AvgIpc) is 2.87. The second-order valence-electron chi connectivity index (χ2n) is 9.33. The van der Waals surface area contributed by atoms with Crippen LogP contribution in [0.15, 0.2) is 91.0 Å².